The Morgan fingerprint density at radius 2 is 2.05 bits per heavy atom. The van der Waals surface area contributed by atoms with Gasteiger partial charge in [0.1, 0.15) is 5.92 Å². The lowest BCUT2D eigenvalue weighted by molar-refractivity contribution is 0.0983. The zero-order valence-corrected chi connectivity index (χ0v) is 14.2. The molecule has 102 valence electrons. The number of benzene rings is 1. The van der Waals surface area contributed by atoms with E-state index in [0.717, 1.165) is 9.35 Å². The third kappa shape index (κ3) is 3.07. The number of rotatable bonds is 3. The number of thiophene rings is 1. The van der Waals surface area contributed by atoms with Crippen molar-refractivity contribution < 1.29 is 4.79 Å². The maximum atomic E-state index is 12.4. The van der Waals surface area contributed by atoms with E-state index in [1.807, 2.05) is 13.0 Å². The van der Waals surface area contributed by atoms with Crippen molar-refractivity contribution in [3.05, 3.63) is 54.1 Å². The zero-order chi connectivity index (χ0) is 14.9. The van der Waals surface area contributed by atoms with Crippen LogP contribution in [0, 0.1) is 18.3 Å². The molecule has 20 heavy (non-hydrogen) atoms. The van der Waals surface area contributed by atoms with Gasteiger partial charge in [-0.1, -0.05) is 29.3 Å². The van der Waals surface area contributed by atoms with Gasteiger partial charge in [-0.15, -0.1) is 11.3 Å². The Kier molecular flexibility index (Phi) is 4.87. The third-order valence-electron chi connectivity index (χ3n) is 2.77. The molecule has 0 saturated carbocycles. The van der Waals surface area contributed by atoms with Gasteiger partial charge in [0, 0.05) is 0 Å². The first kappa shape index (κ1) is 15.5. The number of carbonyl (C=O) groups is 1. The Balaban J connectivity index is 2.39. The third-order valence-corrected chi connectivity index (χ3v) is 5.66. The maximum Gasteiger partial charge on any atom is 0.194 e. The normalized spacial score (nSPS) is 11.9. The molecule has 2 aromatic rings. The lowest BCUT2D eigenvalue weighted by Gasteiger charge is -2.08. The number of nitriles is 1. The second-order valence-electron chi connectivity index (χ2n) is 4.17. The molecule has 1 unspecified atom stereocenters. The first-order valence-electron chi connectivity index (χ1n) is 5.58. The summed E-state index contributed by atoms with van der Waals surface area (Å²) >= 11 is 16.5. The van der Waals surface area contributed by atoms with Gasteiger partial charge in [0.25, 0.3) is 0 Å². The molecule has 0 fully saturated rings. The van der Waals surface area contributed by atoms with Gasteiger partial charge in [-0.3, -0.25) is 4.79 Å². The van der Waals surface area contributed by atoms with Crippen LogP contribution in [0.5, 0.6) is 0 Å². The minimum Gasteiger partial charge on any atom is -0.291 e. The monoisotopic (exact) mass is 387 g/mol. The van der Waals surface area contributed by atoms with Crippen molar-refractivity contribution in [2.45, 2.75) is 12.8 Å². The molecule has 1 heterocycles. The Hall–Kier alpha value is -0.860. The fourth-order valence-corrected chi connectivity index (χ4v) is 3.51. The summed E-state index contributed by atoms with van der Waals surface area (Å²) in [6.45, 7) is 1.90. The quantitative estimate of drug-likeness (QED) is 0.640. The molecule has 0 aliphatic carbocycles. The van der Waals surface area contributed by atoms with E-state index in [1.54, 1.807) is 24.3 Å². The first-order valence-corrected chi connectivity index (χ1v) is 7.95. The standard InChI is InChI=1S/C14H8BrCl2NOS/c1-7-4-12(20-14(7)15)13(19)9(6-18)8-2-3-10(16)11(17)5-8/h2-5,9H,1H3. The van der Waals surface area contributed by atoms with Crippen LogP contribution in [0.4, 0.5) is 0 Å². The number of Topliss-reactive ketones (excluding diaryl/α,β-unsaturated/α-hetero) is 1. The molecule has 0 bridgehead atoms. The molecule has 0 spiro atoms. The van der Waals surface area contributed by atoms with Gasteiger partial charge < -0.3 is 0 Å². The van der Waals surface area contributed by atoms with Crippen molar-refractivity contribution in [3.63, 3.8) is 0 Å². The first-order chi connectivity index (χ1) is 9.43. The Morgan fingerprint density at radius 3 is 2.55 bits per heavy atom. The van der Waals surface area contributed by atoms with Gasteiger partial charge in [0.15, 0.2) is 5.78 Å². The number of aryl methyl sites for hydroxylation is 1. The summed E-state index contributed by atoms with van der Waals surface area (Å²) in [5.41, 5.74) is 1.53. The topological polar surface area (TPSA) is 40.9 Å². The fraction of sp³-hybridized carbons (Fsp3) is 0.143. The largest absolute Gasteiger partial charge is 0.291 e. The van der Waals surface area contributed by atoms with Crippen molar-refractivity contribution >= 4 is 56.3 Å². The summed E-state index contributed by atoms with van der Waals surface area (Å²) in [4.78, 5) is 13.0. The maximum absolute atomic E-state index is 12.4. The average Bonchev–Trinajstić information content (AvgIpc) is 2.74. The van der Waals surface area contributed by atoms with Crippen LogP contribution in [0.1, 0.15) is 26.7 Å². The molecule has 1 atom stereocenters. The van der Waals surface area contributed by atoms with Gasteiger partial charge in [-0.2, -0.15) is 5.26 Å². The van der Waals surface area contributed by atoms with E-state index >= 15 is 0 Å². The molecule has 2 rings (SSSR count). The van der Waals surface area contributed by atoms with E-state index in [9.17, 15) is 10.1 Å². The van der Waals surface area contributed by atoms with Crippen molar-refractivity contribution in [2.75, 3.05) is 0 Å². The Labute approximate surface area is 139 Å². The summed E-state index contributed by atoms with van der Waals surface area (Å²) in [6.07, 6.45) is 0. The molecule has 0 saturated heterocycles. The van der Waals surface area contributed by atoms with Crippen molar-refractivity contribution in [1.29, 1.82) is 5.26 Å². The van der Waals surface area contributed by atoms with E-state index in [-0.39, 0.29) is 5.78 Å². The van der Waals surface area contributed by atoms with Crippen LogP contribution in [0.15, 0.2) is 28.1 Å². The minimum atomic E-state index is -0.880. The van der Waals surface area contributed by atoms with Gasteiger partial charge >= 0.3 is 0 Å². The van der Waals surface area contributed by atoms with Gasteiger partial charge in [0.2, 0.25) is 0 Å². The molecular weight excluding hydrogens is 381 g/mol. The molecule has 2 nitrogen and oxygen atoms in total. The highest BCUT2D eigenvalue weighted by Crippen LogP contribution is 2.33. The number of carbonyl (C=O) groups excluding carboxylic acids is 1. The Morgan fingerprint density at radius 1 is 1.35 bits per heavy atom. The van der Waals surface area contributed by atoms with E-state index in [0.29, 0.717) is 20.5 Å². The average molecular weight is 389 g/mol. The number of halogens is 3. The van der Waals surface area contributed by atoms with Crippen molar-refractivity contribution in [3.8, 4) is 6.07 Å². The van der Waals surface area contributed by atoms with Crippen LogP contribution < -0.4 is 0 Å². The zero-order valence-electron chi connectivity index (χ0n) is 10.3. The summed E-state index contributed by atoms with van der Waals surface area (Å²) < 4.78 is 0.895. The van der Waals surface area contributed by atoms with Crippen LogP contribution in [-0.4, -0.2) is 5.78 Å². The van der Waals surface area contributed by atoms with Gasteiger partial charge in [-0.05, 0) is 52.2 Å². The molecule has 1 aromatic heterocycles. The second-order valence-corrected chi connectivity index (χ2v) is 7.35. The van der Waals surface area contributed by atoms with E-state index in [1.165, 1.54) is 11.3 Å². The SMILES string of the molecule is Cc1cc(C(=O)C(C#N)c2ccc(Cl)c(Cl)c2)sc1Br. The second kappa shape index (κ2) is 6.28. The fourth-order valence-electron chi connectivity index (χ4n) is 1.70. The lowest BCUT2D eigenvalue weighted by Crippen LogP contribution is -2.09. The summed E-state index contributed by atoms with van der Waals surface area (Å²) in [5, 5.41) is 10.0. The molecular formula is C14H8BrCl2NOS. The molecule has 0 amide bonds. The Bertz CT molecular complexity index is 701. The highest BCUT2D eigenvalue weighted by molar-refractivity contribution is 9.11. The summed E-state index contributed by atoms with van der Waals surface area (Å²) in [5.74, 6) is -1.11. The van der Waals surface area contributed by atoms with E-state index in [4.69, 9.17) is 23.2 Å². The van der Waals surface area contributed by atoms with Gasteiger partial charge in [0.05, 0.1) is 24.8 Å². The van der Waals surface area contributed by atoms with Crippen LogP contribution >= 0.6 is 50.5 Å². The van der Waals surface area contributed by atoms with Gasteiger partial charge in [-0.25, -0.2) is 0 Å². The molecule has 0 aliphatic rings. The van der Waals surface area contributed by atoms with E-state index < -0.39 is 5.92 Å². The molecule has 0 aliphatic heterocycles. The van der Waals surface area contributed by atoms with Crippen molar-refractivity contribution in [1.82, 2.24) is 0 Å². The van der Waals surface area contributed by atoms with E-state index in [2.05, 4.69) is 15.9 Å². The van der Waals surface area contributed by atoms with Crippen LogP contribution in [0.25, 0.3) is 0 Å². The highest BCUT2D eigenvalue weighted by Gasteiger charge is 2.24. The summed E-state index contributed by atoms with van der Waals surface area (Å²) in [7, 11) is 0. The molecule has 0 radical (unpaired) electrons. The minimum absolute atomic E-state index is 0.232. The van der Waals surface area contributed by atoms with Crippen LogP contribution in [0.3, 0.4) is 0 Å². The number of hydrogen-bond donors (Lipinski definition) is 0. The highest BCUT2D eigenvalue weighted by atomic mass is 79.9. The number of hydrogen-bond acceptors (Lipinski definition) is 3. The molecule has 6 heteroatoms. The van der Waals surface area contributed by atoms with Crippen LogP contribution in [-0.2, 0) is 0 Å². The smallest absolute Gasteiger partial charge is 0.194 e. The predicted octanol–water partition coefficient (Wildman–Crippen LogP) is 5.62. The number of nitrogens with zero attached hydrogens (tertiary/aromatic N) is 1. The predicted molar refractivity (Wildman–Crippen MR) is 85.9 cm³/mol. The molecule has 0 N–H and O–H groups in total. The van der Waals surface area contributed by atoms with Crippen molar-refractivity contribution in [2.24, 2.45) is 0 Å². The summed E-state index contributed by atoms with van der Waals surface area (Å²) in [6, 6.07) is 8.61. The molecule has 1 aromatic carbocycles. The van der Waals surface area contributed by atoms with Crippen LogP contribution in [0.2, 0.25) is 10.0 Å². The lowest BCUT2D eigenvalue weighted by atomic mass is 9.95. The number of ketones is 1.